The van der Waals surface area contributed by atoms with Crippen LogP contribution in [0.15, 0.2) is 46.1 Å². The molecule has 4 bridgehead atoms. The van der Waals surface area contributed by atoms with Gasteiger partial charge in [0.05, 0.1) is 16.7 Å². The Balaban J connectivity index is 1.27. The number of rotatable bonds is 3. The first-order valence-electron chi connectivity index (χ1n) is 14.0. The molecule has 2 saturated carbocycles. The number of fused-ring (bicyclic) bond motifs is 5. The average Bonchev–Trinajstić information content (AvgIpc) is 2.87. The molecule has 2 aliphatic carbocycles. The topological polar surface area (TPSA) is 83.9 Å². The van der Waals surface area contributed by atoms with E-state index in [9.17, 15) is 9.59 Å². The predicted octanol–water partition coefficient (Wildman–Crippen LogP) is 4.67. The molecule has 0 amide bonds. The first kappa shape index (κ1) is 22.4. The molecule has 2 saturated heterocycles. The lowest BCUT2D eigenvalue weighted by molar-refractivity contribution is -0.0485. The number of piperidine rings is 2. The molecule has 0 spiro atoms. The SMILES string of the molecule is O=c1nccc(-c2nc3ccccc3n(C3C[C@H]4CCC[C@@H](C3)N4C3C[C@H]4CCC[C@@H](C3)C4)c2=O)[nH]1. The highest BCUT2D eigenvalue weighted by Crippen LogP contribution is 2.47. The molecule has 3 aromatic rings. The van der Waals surface area contributed by atoms with E-state index in [-0.39, 0.29) is 11.6 Å². The minimum absolute atomic E-state index is 0.112. The van der Waals surface area contributed by atoms with Gasteiger partial charge in [-0.1, -0.05) is 37.8 Å². The molecule has 2 aromatic heterocycles. The van der Waals surface area contributed by atoms with E-state index in [0.29, 0.717) is 23.5 Å². The molecule has 2 unspecified atom stereocenters. The highest BCUT2D eigenvalue weighted by atomic mass is 16.1. The van der Waals surface area contributed by atoms with Gasteiger partial charge in [0.15, 0.2) is 5.69 Å². The van der Waals surface area contributed by atoms with Gasteiger partial charge in [-0.15, -0.1) is 0 Å². The molecule has 1 aromatic carbocycles. The van der Waals surface area contributed by atoms with Gasteiger partial charge in [0.1, 0.15) is 0 Å². The zero-order chi connectivity index (χ0) is 24.2. The van der Waals surface area contributed by atoms with Crippen LogP contribution in [0.3, 0.4) is 0 Å². The van der Waals surface area contributed by atoms with Crippen LogP contribution in [0.5, 0.6) is 0 Å². The van der Waals surface area contributed by atoms with Gasteiger partial charge in [0, 0.05) is 30.4 Å². The summed E-state index contributed by atoms with van der Waals surface area (Å²) >= 11 is 0. The van der Waals surface area contributed by atoms with Gasteiger partial charge in [-0.05, 0) is 75.0 Å². The summed E-state index contributed by atoms with van der Waals surface area (Å²) in [6.07, 6.45) is 15.8. The predicted molar refractivity (Wildman–Crippen MR) is 140 cm³/mol. The molecule has 188 valence electrons. The molecule has 7 rings (SSSR count). The quantitative estimate of drug-likeness (QED) is 0.583. The summed E-state index contributed by atoms with van der Waals surface area (Å²) in [6, 6.07) is 11.6. The van der Waals surface area contributed by atoms with Crippen LogP contribution in [-0.2, 0) is 0 Å². The summed E-state index contributed by atoms with van der Waals surface area (Å²) < 4.78 is 2.01. The maximum atomic E-state index is 14.0. The van der Waals surface area contributed by atoms with E-state index in [4.69, 9.17) is 4.98 Å². The van der Waals surface area contributed by atoms with E-state index >= 15 is 0 Å². The fourth-order valence-electron chi connectivity index (χ4n) is 8.33. The molecule has 0 radical (unpaired) electrons. The van der Waals surface area contributed by atoms with E-state index < -0.39 is 5.69 Å². The number of aromatic nitrogens is 4. The van der Waals surface area contributed by atoms with Gasteiger partial charge in [0.2, 0.25) is 0 Å². The molecule has 6 atom stereocenters. The van der Waals surface area contributed by atoms with Crippen LogP contribution in [0.1, 0.15) is 76.7 Å². The van der Waals surface area contributed by atoms with Crippen LogP contribution in [-0.4, -0.2) is 42.5 Å². The third-order valence-corrected chi connectivity index (χ3v) is 9.62. The fourth-order valence-corrected chi connectivity index (χ4v) is 8.33. The second kappa shape index (κ2) is 8.94. The van der Waals surface area contributed by atoms with Crippen molar-refractivity contribution in [3.63, 3.8) is 0 Å². The van der Waals surface area contributed by atoms with Gasteiger partial charge >= 0.3 is 5.69 Å². The van der Waals surface area contributed by atoms with E-state index in [1.807, 2.05) is 28.8 Å². The van der Waals surface area contributed by atoms with Crippen molar-refractivity contribution < 1.29 is 0 Å². The Morgan fingerprint density at radius 2 is 1.50 bits per heavy atom. The second-order valence-electron chi connectivity index (χ2n) is 11.7. The van der Waals surface area contributed by atoms with E-state index in [2.05, 4.69) is 14.9 Å². The van der Waals surface area contributed by atoms with E-state index in [0.717, 1.165) is 41.8 Å². The lowest BCUT2D eigenvalue weighted by Gasteiger charge is -2.55. The van der Waals surface area contributed by atoms with Gasteiger partial charge in [-0.2, -0.15) is 0 Å². The monoisotopic (exact) mass is 485 g/mol. The summed E-state index contributed by atoms with van der Waals surface area (Å²) in [5.74, 6) is 1.86. The second-order valence-corrected chi connectivity index (χ2v) is 11.7. The normalized spacial score (nSPS) is 32.4. The molecule has 7 heteroatoms. The van der Waals surface area contributed by atoms with Crippen LogP contribution >= 0.6 is 0 Å². The highest BCUT2D eigenvalue weighted by molar-refractivity contribution is 5.77. The number of para-hydroxylation sites is 2. The largest absolute Gasteiger partial charge is 0.345 e. The highest BCUT2D eigenvalue weighted by Gasteiger charge is 2.45. The third-order valence-electron chi connectivity index (χ3n) is 9.62. The van der Waals surface area contributed by atoms with Crippen molar-refractivity contribution >= 4 is 11.0 Å². The van der Waals surface area contributed by atoms with Crippen LogP contribution in [0.25, 0.3) is 22.4 Å². The van der Waals surface area contributed by atoms with Crippen molar-refractivity contribution in [1.82, 2.24) is 24.4 Å². The van der Waals surface area contributed by atoms with Crippen molar-refractivity contribution in [2.45, 2.75) is 94.8 Å². The van der Waals surface area contributed by atoms with Crippen molar-refractivity contribution in [3.8, 4) is 11.4 Å². The first-order valence-corrected chi connectivity index (χ1v) is 14.0. The Labute approximate surface area is 211 Å². The van der Waals surface area contributed by atoms with Gasteiger partial charge in [0.25, 0.3) is 5.56 Å². The molecule has 36 heavy (non-hydrogen) atoms. The zero-order valence-electron chi connectivity index (χ0n) is 20.8. The van der Waals surface area contributed by atoms with Crippen molar-refractivity contribution in [3.05, 3.63) is 57.4 Å². The maximum Gasteiger partial charge on any atom is 0.345 e. The molecular weight excluding hydrogens is 450 g/mol. The molecule has 2 aliphatic heterocycles. The number of aromatic amines is 1. The third kappa shape index (κ3) is 3.83. The average molecular weight is 486 g/mol. The Bertz CT molecular complexity index is 1370. The van der Waals surface area contributed by atoms with Gasteiger partial charge in [-0.25, -0.2) is 14.8 Å². The minimum atomic E-state index is -0.464. The molecule has 4 fully saturated rings. The van der Waals surface area contributed by atoms with E-state index in [1.54, 1.807) is 6.07 Å². The lowest BCUT2D eigenvalue weighted by Crippen LogP contribution is -2.58. The van der Waals surface area contributed by atoms with Gasteiger partial charge in [-0.3, -0.25) is 9.69 Å². The number of nitrogens with zero attached hydrogens (tertiary/aromatic N) is 4. The Kier molecular flexibility index (Phi) is 5.57. The van der Waals surface area contributed by atoms with Crippen LogP contribution in [0.4, 0.5) is 0 Å². The smallest absolute Gasteiger partial charge is 0.304 e. The summed E-state index contributed by atoms with van der Waals surface area (Å²) in [6.45, 7) is 0. The summed E-state index contributed by atoms with van der Waals surface area (Å²) in [7, 11) is 0. The first-order chi connectivity index (χ1) is 17.6. The zero-order valence-corrected chi connectivity index (χ0v) is 20.8. The number of H-pyrrole nitrogens is 1. The Morgan fingerprint density at radius 3 is 2.25 bits per heavy atom. The number of hydrogen-bond acceptors (Lipinski definition) is 5. The van der Waals surface area contributed by atoms with E-state index in [1.165, 1.54) is 64.0 Å². The summed E-state index contributed by atoms with van der Waals surface area (Å²) in [5, 5.41) is 0. The van der Waals surface area contributed by atoms with Crippen LogP contribution in [0.2, 0.25) is 0 Å². The molecule has 4 aliphatic rings. The van der Waals surface area contributed by atoms with Crippen LogP contribution in [0, 0.1) is 11.8 Å². The number of hydrogen-bond donors (Lipinski definition) is 1. The van der Waals surface area contributed by atoms with Crippen molar-refractivity contribution in [1.29, 1.82) is 0 Å². The summed E-state index contributed by atoms with van der Waals surface area (Å²) in [4.78, 5) is 40.0. The Morgan fingerprint density at radius 1 is 0.778 bits per heavy atom. The molecule has 7 nitrogen and oxygen atoms in total. The summed E-state index contributed by atoms with van der Waals surface area (Å²) in [5.41, 5.74) is 1.85. The lowest BCUT2D eigenvalue weighted by atomic mass is 9.68. The number of nitrogens with one attached hydrogen (secondary N) is 1. The molecule has 4 heterocycles. The molecule has 1 N–H and O–H groups in total. The standard InChI is InChI=1S/C29H35N5O2/c35-28-27(25-11-12-30-29(36)32-25)31-24-9-1-2-10-26(24)34(28)23-16-20-7-4-8-21(17-23)33(20)22-14-18-5-3-6-19(13-18)15-22/h1-2,9-12,18-23H,3-8,13-17H2,(H,30,32,36)/t18-,19+,20-,21+,22?,23?. The Hall–Kier alpha value is -2.80. The number of benzene rings is 1. The van der Waals surface area contributed by atoms with Crippen molar-refractivity contribution in [2.75, 3.05) is 0 Å². The van der Waals surface area contributed by atoms with Crippen LogP contribution < -0.4 is 11.2 Å². The molecular formula is C29H35N5O2. The fraction of sp³-hybridized carbons (Fsp3) is 0.586. The maximum absolute atomic E-state index is 14.0. The van der Waals surface area contributed by atoms with Crippen molar-refractivity contribution in [2.24, 2.45) is 11.8 Å². The van der Waals surface area contributed by atoms with Gasteiger partial charge < -0.3 is 9.55 Å². The minimum Gasteiger partial charge on any atom is -0.304 e.